The van der Waals surface area contributed by atoms with Crippen LogP contribution in [0.2, 0.25) is 5.02 Å². The maximum absolute atomic E-state index is 12.6. The molecule has 7 heteroatoms. The number of carboxylic acids is 1. The van der Waals surface area contributed by atoms with E-state index < -0.39 is 11.9 Å². The molecule has 0 spiro atoms. The van der Waals surface area contributed by atoms with E-state index in [4.69, 9.17) is 16.7 Å². The van der Waals surface area contributed by atoms with Gasteiger partial charge in [0, 0.05) is 29.4 Å². The molecule has 134 valence electrons. The molecule has 1 heterocycles. The first-order valence-corrected chi connectivity index (χ1v) is 8.43. The molecule has 0 aromatic heterocycles. The smallest absolute Gasteiger partial charge is 0.335 e. The highest BCUT2D eigenvalue weighted by Crippen LogP contribution is 2.27. The molecule has 2 aromatic carbocycles. The number of halogens is 1. The van der Waals surface area contributed by atoms with E-state index in [9.17, 15) is 14.4 Å². The van der Waals surface area contributed by atoms with Gasteiger partial charge in [0.25, 0.3) is 0 Å². The number of hydrogen-bond acceptors (Lipinski definition) is 3. The molecule has 2 N–H and O–H groups in total. The number of nitrogens with zero attached hydrogens (tertiary/aromatic N) is 1. The van der Waals surface area contributed by atoms with Crippen LogP contribution in [0.4, 0.5) is 11.4 Å². The Morgan fingerprint density at radius 3 is 2.54 bits per heavy atom. The van der Waals surface area contributed by atoms with Gasteiger partial charge in [0.2, 0.25) is 11.8 Å². The lowest BCUT2D eigenvalue weighted by Gasteiger charge is -2.17. The molecule has 1 saturated heterocycles. The van der Waals surface area contributed by atoms with Crippen molar-refractivity contribution >= 4 is 40.8 Å². The van der Waals surface area contributed by atoms with Gasteiger partial charge in [0.05, 0.1) is 11.5 Å². The van der Waals surface area contributed by atoms with Gasteiger partial charge in [-0.3, -0.25) is 9.59 Å². The first-order chi connectivity index (χ1) is 12.3. The van der Waals surface area contributed by atoms with Crippen molar-refractivity contribution in [2.24, 2.45) is 5.92 Å². The summed E-state index contributed by atoms with van der Waals surface area (Å²) in [4.78, 5) is 37.5. The zero-order valence-corrected chi connectivity index (χ0v) is 14.8. The second-order valence-electron chi connectivity index (χ2n) is 6.21. The van der Waals surface area contributed by atoms with E-state index in [1.54, 1.807) is 42.2 Å². The van der Waals surface area contributed by atoms with E-state index in [2.05, 4.69) is 5.32 Å². The Bertz CT molecular complexity index is 880. The Balaban J connectivity index is 1.73. The molecular formula is C19H17ClN2O4. The Kier molecular flexibility index (Phi) is 4.95. The Labute approximate surface area is 155 Å². The quantitative estimate of drug-likeness (QED) is 0.861. The summed E-state index contributed by atoms with van der Waals surface area (Å²) in [5.41, 5.74) is 1.98. The van der Waals surface area contributed by atoms with Crippen molar-refractivity contribution in [3.05, 3.63) is 58.6 Å². The van der Waals surface area contributed by atoms with Gasteiger partial charge in [-0.25, -0.2) is 4.79 Å². The fourth-order valence-corrected chi connectivity index (χ4v) is 3.00. The summed E-state index contributed by atoms with van der Waals surface area (Å²) in [5.74, 6) is -2.01. The van der Waals surface area contributed by atoms with Crippen molar-refractivity contribution in [1.82, 2.24) is 0 Å². The normalized spacial score (nSPS) is 16.6. The average Bonchev–Trinajstić information content (AvgIpc) is 2.99. The summed E-state index contributed by atoms with van der Waals surface area (Å²) in [6.07, 6.45) is 0.103. The molecule has 0 radical (unpaired) electrons. The van der Waals surface area contributed by atoms with Crippen LogP contribution in [0.3, 0.4) is 0 Å². The average molecular weight is 373 g/mol. The van der Waals surface area contributed by atoms with Gasteiger partial charge in [0.1, 0.15) is 0 Å². The van der Waals surface area contributed by atoms with Crippen molar-refractivity contribution in [2.75, 3.05) is 16.8 Å². The van der Waals surface area contributed by atoms with Gasteiger partial charge in [-0.05, 0) is 48.9 Å². The molecule has 1 atom stereocenters. The zero-order chi connectivity index (χ0) is 18.8. The summed E-state index contributed by atoms with van der Waals surface area (Å²) in [6.45, 7) is 2.05. The predicted molar refractivity (Wildman–Crippen MR) is 98.7 cm³/mol. The van der Waals surface area contributed by atoms with Crippen LogP contribution in [-0.4, -0.2) is 29.4 Å². The van der Waals surface area contributed by atoms with Crippen LogP contribution in [0.15, 0.2) is 42.5 Å². The molecule has 0 bridgehead atoms. The number of rotatable bonds is 4. The van der Waals surface area contributed by atoms with E-state index in [0.717, 1.165) is 5.56 Å². The van der Waals surface area contributed by atoms with Crippen LogP contribution in [0.25, 0.3) is 0 Å². The molecular weight excluding hydrogens is 356 g/mol. The van der Waals surface area contributed by atoms with Crippen molar-refractivity contribution in [2.45, 2.75) is 13.3 Å². The molecule has 2 amide bonds. The molecule has 6 nitrogen and oxygen atoms in total. The van der Waals surface area contributed by atoms with E-state index in [-0.39, 0.29) is 30.3 Å². The minimum Gasteiger partial charge on any atom is -0.478 e. The summed E-state index contributed by atoms with van der Waals surface area (Å²) < 4.78 is 0. The molecule has 0 saturated carbocycles. The van der Waals surface area contributed by atoms with Gasteiger partial charge in [0.15, 0.2) is 0 Å². The Morgan fingerprint density at radius 2 is 1.88 bits per heavy atom. The molecule has 1 aliphatic rings. The monoisotopic (exact) mass is 372 g/mol. The molecule has 1 aliphatic heterocycles. The van der Waals surface area contributed by atoms with Crippen LogP contribution >= 0.6 is 11.6 Å². The number of carboxylic acid groups (broad SMARTS) is 1. The fourth-order valence-electron chi connectivity index (χ4n) is 2.88. The maximum atomic E-state index is 12.6. The number of nitrogens with one attached hydrogen (secondary N) is 1. The number of hydrogen-bond donors (Lipinski definition) is 2. The predicted octanol–water partition coefficient (Wildman–Crippen LogP) is 3.34. The molecule has 1 unspecified atom stereocenters. The minimum atomic E-state index is -1.06. The molecule has 3 rings (SSSR count). The Hall–Kier alpha value is -2.86. The van der Waals surface area contributed by atoms with E-state index in [0.29, 0.717) is 16.4 Å². The van der Waals surface area contributed by atoms with Crippen LogP contribution in [0.5, 0.6) is 0 Å². The third-order valence-electron chi connectivity index (χ3n) is 4.38. The molecule has 2 aromatic rings. The summed E-state index contributed by atoms with van der Waals surface area (Å²) >= 11 is 5.86. The van der Waals surface area contributed by atoms with Crippen LogP contribution in [0, 0.1) is 12.8 Å². The number of anilines is 2. The number of aromatic carboxylic acids is 1. The molecule has 26 heavy (non-hydrogen) atoms. The highest BCUT2D eigenvalue weighted by molar-refractivity contribution is 6.30. The summed E-state index contributed by atoms with van der Waals surface area (Å²) in [5, 5.41) is 12.4. The largest absolute Gasteiger partial charge is 0.478 e. The lowest BCUT2D eigenvalue weighted by molar-refractivity contribution is -0.122. The number of amides is 2. The lowest BCUT2D eigenvalue weighted by Crippen LogP contribution is -2.28. The van der Waals surface area contributed by atoms with Gasteiger partial charge in [-0.1, -0.05) is 17.7 Å². The van der Waals surface area contributed by atoms with Crippen molar-refractivity contribution in [3.63, 3.8) is 0 Å². The zero-order valence-electron chi connectivity index (χ0n) is 14.0. The van der Waals surface area contributed by atoms with Crippen LogP contribution in [0.1, 0.15) is 22.3 Å². The first-order valence-electron chi connectivity index (χ1n) is 8.06. The van der Waals surface area contributed by atoms with Crippen molar-refractivity contribution in [3.8, 4) is 0 Å². The topological polar surface area (TPSA) is 86.7 Å². The maximum Gasteiger partial charge on any atom is 0.335 e. The SMILES string of the molecule is Cc1ccc(C(=O)O)cc1NC(=O)C1CC(=O)N(c2ccc(Cl)cc2)C1. The number of aryl methyl sites for hydroxylation is 1. The second kappa shape index (κ2) is 7.17. The molecule has 0 aliphatic carbocycles. The van der Waals surface area contributed by atoms with Gasteiger partial charge >= 0.3 is 5.97 Å². The number of carbonyl (C=O) groups is 3. The van der Waals surface area contributed by atoms with Crippen molar-refractivity contribution in [1.29, 1.82) is 0 Å². The third-order valence-corrected chi connectivity index (χ3v) is 4.63. The van der Waals surface area contributed by atoms with Gasteiger partial charge in [-0.15, -0.1) is 0 Å². The Morgan fingerprint density at radius 1 is 1.19 bits per heavy atom. The fraction of sp³-hybridized carbons (Fsp3) is 0.211. The number of carbonyl (C=O) groups excluding carboxylic acids is 2. The third kappa shape index (κ3) is 3.70. The second-order valence-corrected chi connectivity index (χ2v) is 6.64. The van der Waals surface area contributed by atoms with Gasteiger partial charge in [-0.2, -0.15) is 0 Å². The van der Waals surface area contributed by atoms with E-state index in [1.807, 2.05) is 0 Å². The van der Waals surface area contributed by atoms with E-state index >= 15 is 0 Å². The first kappa shape index (κ1) is 17.9. The highest BCUT2D eigenvalue weighted by Gasteiger charge is 2.35. The summed E-state index contributed by atoms with van der Waals surface area (Å²) in [6, 6.07) is 11.4. The molecule has 1 fully saturated rings. The highest BCUT2D eigenvalue weighted by atomic mass is 35.5. The van der Waals surface area contributed by atoms with Crippen molar-refractivity contribution < 1.29 is 19.5 Å². The lowest BCUT2D eigenvalue weighted by atomic mass is 10.1. The van der Waals surface area contributed by atoms with Crippen LogP contribution < -0.4 is 10.2 Å². The van der Waals surface area contributed by atoms with E-state index in [1.165, 1.54) is 12.1 Å². The standard InChI is InChI=1S/C19H17ClN2O4/c1-11-2-3-12(19(25)26)8-16(11)21-18(24)13-9-17(23)22(10-13)15-6-4-14(20)5-7-15/h2-8,13H,9-10H2,1H3,(H,21,24)(H,25,26). The summed E-state index contributed by atoms with van der Waals surface area (Å²) in [7, 11) is 0. The minimum absolute atomic E-state index is 0.0937. The number of benzene rings is 2. The van der Waals surface area contributed by atoms with Crippen LogP contribution in [-0.2, 0) is 9.59 Å². The van der Waals surface area contributed by atoms with Gasteiger partial charge < -0.3 is 15.3 Å².